The minimum absolute atomic E-state index is 0.200. The van der Waals surface area contributed by atoms with E-state index in [0.717, 1.165) is 28.0 Å². The number of aromatic nitrogens is 1. The van der Waals surface area contributed by atoms with Crippen LogP contribution in [0, 0.1) is 10.7 Å². The molecular formula is C19H14N4O3S2. The van der Waals surface area contributed by atoms with Gasteiger partial charge in [0, 0.05) is 21.5 Å². The predicted molar refractivity (Wildman–Crippen MR) is 109 cm³/mol. The summed E-state index contributed by atoms with van der Waals surface area (Å²) in [5, 5.41) is 17.9. The summed E-state index contributed by atoms with van der Waals surface area (Å²) < 4.78 is 5.06. The van der Waals surface area contributed by atoms with E-state index in [1.807, 2.05) is 5.40 Å². The van der Waals surface area contributed by atoms with Crippen LogP contribution < -0.4 is 15.4 Å². The van der Waals surface area contributed by atoms with Gasteiger partial charge < -0.3 is 10.1 Å². The molecule has 0 unspecified atom stereocenters. The van der Waals surface area contributed by atoms with Crippen molar-refractivity contribution in [2.24, 2.45) is 0 Å². The number of methoxy groups -OCH3 is 1. The van der Waals surface area contributed by atoms with Gasteiger partial charge in [0.15, 0.2) is 5.13 Å². The number of benzene rings is 2. The lowest BCUT2D eigenvalue weighted by Crippen LogP contribution is -2.14. The minimum atomic E-state index is -0.387. The van der Waals surface area contributed by atoms with Crippen molar-refractivity contribution in [3.05, 3.63) is 65.2 Å². The lowest BCUT2D eigenvalue weighted by atomic mass is 10.2. The van der Waals surface area contributed by atoms with E-state index in [4.69, 9.17) is 10.00 Å². The fourth-order valence-electron chi connectivity index (χ4n) is 2.20. The van der Waals surface area contributed by atoms with Gasteiger partial charge in [-0.2, -0.15) is 5.26 Å². The number of thiocyanates is 1. The largest absolute Gasteiger partial charge is 0.497 e. The van der Waals surface area contributed by atoms with Gasteiger partial charge in [0.25, 0.3) is 11.8 Å². The molecule has 0 aliphatic rings. The van der Waals surface area contributed by atoms with Gasteiger partial charge in [0.05, 0.1) is 7.11 Å². The third-order valence-corrected chi connectivity index (χ3v) is 4.94. The van der Waals surface area contributed by atoms with Crippen molar-refractivity contribution in [1.82, 2.24) is 4.98 Å². The van der Waals surface area contributed by atoms with Crippen LogP contribution in [-0.2, 0) is 0 Å². The molecule has 1 heterocycles. The number of hydrogen-bond donors (Lipinski definition) is 2. The first kappa shape index (κ1) is 19.4. The van der Waals surface area contributed by atoms with Crippen molar-refractivity contribution < 1.29 is 14.3 Å². The van der Waals surface area contributed by atoms with E-state index in [2.05, 4.69) is 15.6 Å². The highest BCUT2D eigenvalue weighted by Gasteiger charge is 2.14. The fraction of sp³-hybridized carbons (Fsp3) is 0.0526. The molecule has 140 valence electrons. The number of ether oxygens (including phenoxy) is 1. The highest BCUT2D eigenvalue weighted by atomic mass is 32.2. The quantitative estimate of drug-likeness (QED) is 0.465. The Morgan fingerprint density at radius 1 is 1.07 bits per heavy atom. The number of carbonyl (C=O) groups excluding carboxylic acids is 2. The van der Waals surface area contributed by atoms with Gasteiger partial charge in [0.2, 0.25) is 0 Å². The summed E-state index contributed by atoms with van der Waals surface area (Å²) >= 11 is 2.20. The number of carbonyl (C=O) groups is 2. The molecule has 7 nitrogen and oxygen atoms in total. The Bertz CT molecular complexity index is 1020. The van der Waals surface area contributed by atoms with E-state index >= 15 is 0 Å². The van der Waals surface area contributed by atoms with Crippen molar-refractivity contribution in [3.63, 3.8) is 0 Å². The van der Waals surface area contributed by atoms with Crippen molar-refractivity contribution in [3.8, 4) is 11.2 Å². The number of anilines is 2. The minimum Gasteiger partial charge on any atom is -0.497 e. The number of hydrogen-bond acceptors (Lipinski definition) is 7. The Balaban J connectivity index is 1.61. The molecule has 0 radical (unpaired) electrons. The molecule has 0 fully saturated rings. The summed E-state index contributed by atoms with van der Waals surface area (Å²) in [4.78, 5) is 29.5. The first-order valence-electron chi connectivity index (χ1n) is 7.97. The van der Waals surface area contributed by atoms with Gasteiger partial charge in [-0.05, 0) is 60.3 Å². The fourth-order valence-corrected chi connectivity index (χ4v) is 3.26. The van der Waals surface area contributed by atoms with Crippen molar-refractivity contribution in [2.75, 3.05) is 17.7 Å². The highest BCUT2D eigenvalue weighted by molar-refractivity contribution is 8.03. The maximum absolute atomic E-state index is 12.3. The number of rotatable bonds is 6. The summed E-state index contributed by atoms with van der Waals surface area (Å²) in [6.07, 6.45) is 0. The van der Waals surface area contributed by atoms with Crippen LogP contribution in [0.2, 0.25) is 0 Å². The lowest BCUT2D eigenvalue weighted by molar-refractivity contribution is 0.101. The maximum Gasteiger partial charge on any atom is 0.275 e. The monoisotopic (exact) mass is 410 g/mol. The smallest absolute Gasteiger partial charge is 0.275 e. The standard InChI is InChI=1S/C19H14N4O3S2/c1-26-14-6-2-12(3-7-14)17(24)23-19-22-16(10-27-19)18(25)21-13-4-8-15(9-5-13)28-11-20/h2-10H,1H3,(H,21,25)(H,22,23,24). The first-order valence-corrected chi connectivity index (χ1v) is 9.67. The molecule has 0 saturated carbocycles. The van der Waals surface area contributed by atoms with Crippen LogP contribution >= 0.6 is 23.1 Å². The molecule has 2 aromatic carbocycles. The SMILES string of the molecule is COc1ccc(C(=O)Nc2nc(C(=O)Nc3ccc(SC#N)cc3)cs2)cc1. The van der Waals surface area contributed by atoms with E-state index in [0.29, 0.717) is 22.1 Å². The third kappa shape index (κ3) is 4.88. The molecule has 0 spiro atoms. The van der Waals surface area contributed by atoms with E-state index < -0.39 is 0 Å². The predicted octanol–water partition coefficient (Wildman–Crippen LogP) is 4.23. The van der Waals surface area contributed by atoms with Gasteiger partial charge in [-0.1, -0.05) is 0 Å². The zero-order valence-corrected chi connectivity index (χ0v) is 16.3. The number of nitrogens with one attached hydrogen (secondary N) is 2. The van der Waals surface area contributed by atoms with E-state index in [1.165, 1.54) is 0 Å². The highest BCUT2D eigenvalue weighted by Crippen LogP contribution is 2.21. The number of nitriles is 1. The molecule has 2 N–H and O–H groups in total. The van der Waals surface area contributed by atoms with Gasteiger partial charge in [-0.15, -0.1) is 11.3 Å². The number of thiazole rings is 1. The summed E-state index contributed by atoms with van der Waals surface area (Å²) in [6.45, 7) is 0. The molecule has 3 rings (SSSR count). The van der Waals surface area contributed by atoms with Crippen LogP contribution in [0.4, 0.5) is 10.8 Å². The van der Waals surface area contributed by atoms with Gasteiger partial charge in [-0.25, -0.2) is 4.98 Å². The molecular weight excluding hydrogens is 396 g/mol. The van der Waals surface area contributed by atoms with Crippen LogP contribution in [-0.4, -0.2) is 23.9 Å². The van der Waals surface area contributed by atoms with Gasteiger partial charge in [-0.3, -0.25) is 14.9 Å². The first-order chi connectivity index (χ1) is 13.6. The van der Waals surface area contributed by atoms with Gasteiger partial charge >= 0.3 is 0 Å². The zero-order chi connectivity index (χ0) is 19.9. The molecule has 0 bridgehead atoms. The van der Waals surface area contributed by atoms with Crippen LogP contribution in [0.15, 0.2) is 58.8 Å². The topological polar surface area (TPSA) is 104 Å². The average molecular weight is 410 g/mol. The Morgan fingerprint density at radius 3 is 2.43 bits per heavy atom. The van der Waals surface area contributed by atoms with Crippen molar-refractivity contribution >= 4 is 45.7 Å². The Morgan fingerprint density at radius 2 is 1.79 bits per heavy atom. The number of amides is 2. The second-order valence-electron chi connectivity index (χ2n) is 5.39. The molecule has 0 aliphatic carbocycles. The Hall–Kier alpha value is -3.35. The maximum atomic E-state index is 12.3. The molecule has 1 aromatic heterocycles. The molecule has 9 heteroatoms. The zero-order valence-electron chi connectivity index (χ0n) is 14.6. The second-order valence-corrected chi connectivity index (χ2v) is 7.11. The van der Waals surface area contributed by atoms with Crippen LogP contribution in [0.3, 0.4) is 0 Å². The Kier molecular flexibility index (Phi) is 6.26. The molecule has 3 aromatic rings. The van der Waals surface area contributed by atoms with E-state index in [1.54, 1.807) is 61.0 Å². The molecule has 0 saturated heterocycles. The summed E-state index contributed by atoms with van der Waals surface area (Å²) in [7, 11) is 1.55. The average Bonchev–Trinajstić information content (AvgIpc) is 3.18. The van der Waals surface area contributed by atoms with Crippen LogP contribution in [0.25, 0.3) is 0 Å². The number of nitrogens with zero attached hydrogens (tertiary/aromatic N) is 2. The molecule has 28 heavy (non-hydrogen) atoms. The van der Waals surface area contributed by atoms with Crippen molar-refractivity contribution in [1.29, 1.82) is 5.26 Å². The Labute approximate surface area is 169 Å². The van der Waals surface area contributed by atoms with Crippen LogP contribution in [0.5, 0.6) is 5.75 Å². The second kappa shape index (κ2) is 9.03. The normalized spacial score (nSPS) is 10.0. The number of thioether (sulfide) groups is 1. The molecule has 0 atom stereocenters. The van der Waals surface area contributed by atoms with Gasteiger partial charge in [0.1, 0.15) is 16.8 Å². The lowest BCUT2D eigenvalue weighted by Gasteiger charge is -2.04. The van der Waals surface area contributed by atoms with Crippen molar-refractivity contribution in [2.45, 2.75) is 4.90 Å². The summed E-state index contributed by atoms with van der Waals surface area (Å²) in [6, 6.07) is 13.6. The molecule has 0 aliphatic heterocycles. The summed E-state index contributed by atoms with van der Waals surface area (Å²) in [5.41, 5.74) is 1.24. The van der Waals surface area contributed by atoms with E-state index in [9.17, 15) is 9.59 Å². The van der Waals surface area contributed by atoms with E-state index in [-0.39, 0.29) is 17.5 Å². The summed E-state index contributed by atoms with van der Waals surface area (Å²) in [5.74, 6) is -0.0552. The third-order valence-electron chi connectivity index (χ3n) is 3.59. The van der Waals surface area contributed by atoms with Crippen LogP contribution in [0.1, 0.15) is 20.8 Å². The molecule has 2 amide bonds.